The van der Waals surface area contributed by atoms with Gasteiger partial charge in [0, 0.05) is 11.3 Å². The summed E-state index contributed by atoms with van der Waals surface area (Å²) in [6, 6.07) is 5.12. The molecule has 0 amide bonds. The second-order valence-electron chi connectivity index (χ2n) is 6.63. The molecule has 1 aromatic rings. The minimum atomic E-state index is 0.450. The quantitative estimate of drug-likeness (QED) is 0.836. The summed E-state index contributed by atoms with van der Waals surface area (Å²) in [7, 11) is 0. The third-order valence-electron chi connectivity index (χ3n) is 4.25. The van der Waals surface area contributed by atoms with Crippen molar-refractivity contribution in [2.75, 3.05) is 6.54 Å². The highest BCUT2D eigenvalue weighted by atomic mass is 32.2. The standard InChI is InChI=1S/C16H27NS2/c1-5-17-13-9-8-12(16(2,3)4)11-14(13)19-15-7-6-10-18-15/h6-7,10,12-14,17H,5,8-9,11H2,1-4H3. The first-order chi connectivity index (χ1) is 9.00. The van der Waals surface area contributed by atoms with Crippen molar-refractivity contribution in [3.05, 3.63) is 17.5 Å². The molecule has 1 N–H and O–H groups in total. The third-order valence-corrected chi connectivity index (χ3v) is 6.68. The van der Waals surface area contributed by atoms with Crippen molar-refractivity contribution < 1.29 is 0 Å². The largest absolute Gasteiger partial charge is 0.313 e. The van der Waals surface area contributed by atoms with Crippen LogP contribution < -0.4 is 5.32 Å². The maximum atomic E-state index is 3.70. The molecule has 108 valence electrons. The predicted octanol–water partition coefficient (Wildman–Crippen LogP) is 5.03. The lowest BCUT2D eigenvalue weighted by Crippen LogP contribution is -2.44. The fourth-order valence-corrected chi connectivity index (χ4v) is 5.41. The lowest BCUT2D eigenvalue weighted by atomic mass is 9.71. The SMILES string of the molecule is CCNC1CCC(C(C)(C)C)CC1Sc1cccs1. The molecule has 1 aliphatic rings. The monoisotopic (exact) mass is 297 g/mol. The second kappa shape index (κ2) is 6.64. The van der Waals surface area contributed by atoms with Gasteiger partial charge in [0.25, 0.3) is 0 Å². The van der Waals surface area contributed by atoms with Gasteiger partial charge in [0.2, 0.25) is 0 Å². The molecule has 0 aliphatic heterocycles. The molecule has 0 radical (unpaired) electrons. The van der Waals surface area contributed by atoms with Gasteiger partial charge in [-0.05, 0) is 48.6 Å². The van der Waals surface area contributed by atoms with Crippen molar-refractivity contribution in [3.8, 4) is 0 Å². The van der Waals surface area contributed by atoms with Crippen LogP contribution >= 0.6 is 23.1 Å². The number of thioether (sulfide) groups is 1. The Hall–Kier alpha value is 0.01000. The van der Waals surface area contributed by atoms with Gasteiger partial charge < -0.3 is 5.32 Å². The molecule has 1 nitrogen and oxygen atoms in total. The minimum Gasteiger partial charge on any atom is -0.313 e. The molecule has 19 heavy (non-hydrogen) atoms. The van der Waals surface area contributed by atoms with E-state index in [9.17, 15) is 0 Å². The number of hydrogen-bond acceptors (Lipinski definition) is 3. The second-order valence-corrected chi connectivity index (χ2v) is 9.12. The molecule has 3 unspecified atom stereocenters. The van der Waals surface area contributed by atoms with Crippen molar-refractivity contribution in [1.29, 1.82) is 0 Å². The van der Waals surface area contributed by atoms with Crippen molar-refractivity contribution in [1.82, 2.24) is 5.32 Å². The lowest BCUT2D eigenvalue weighted by molar-refractivity contribution is 0.165. The Kier molecular flexibility index (Phi) is 5.38. The molecule has 1 heterocycles. The van der Waals surface area contributed by atoms with E-state index in [2.05, 4.69) is 62.3 Å². The summed E-state index contributed by atoms with van der Waals surface area (Å²) in [5.74, 6) is 0.861. The summed E-state index contributed by atoms with van der Waals surface area (Å²) < 4.78 is 1.47. The molecule has 1 aliphatic carbocycles. The van der Waals surface area contributed by atoms with Crippen LogP contribution in [0.4, 0.5) is 0 Å². The molecule has 3 heteroatoms. The van der Waals surface area contributed by atoms with Crippen LogP contribution in [0.5, 0.6) is 0 Å². The summed E-state index contributed by atoms with van der Waals surface area (Å²) in [5, 5.41) is 6.62. The van der Waals surface area contributed by atoms with Crippen molar-refractivity contribution in [2.24, 2.45) is 11.3 Å². The van der Waals surface area contributed by atoms with Crippen LogP contribution in [0.2, 0.25) is 0 Å². The minimum absolute atomic E-state index is 0.450. The highest BCUT2D eigenvalue weighted by Crippen LogP contribution is 2.44. The maximum absolute atomic E-state index is 3.70. The van der Waals surface area contributed by atoms with Gasteiger partial charge in [-0.1, -0.05) is 33.8 Å². The molecule has 2 rings (SSSR count). The van der Waals surface area contributed by atoms with E-state index in [4.69, 9.17) is 0 Å². The summed E-state index contributed by atoms with van der Waals surface area (Å²) in [4.78, 5) is 0. The van der Waals surface area contributed by atoms with Crippen LogP contribution in [0, 0.1) is 11.3 Å². The van der Waals surface area contributed by atoms with Crippen molar-refractivity contribution in [3.63, 3.8) is 0 Å². The smallest absolute Gasteiger partial charge is 0.0601 e. The van der Waals surface area contributed by atoms with Crippen LogP contribution in [0.25, 0.3) is 0 Å². The molecule has 3 atom stereocenters. The number of rotatable bonds is 4. The van der Waals surface area contributed by atoms with Crippen LogP contribution in [0.1, 0.15) is 47.0 Å². The normalized spacial score (nSPS) is 28.5. The van der Waals surface area contributed by atoms with Gasteiger partial charge in [-0.25, -0.2) is 0 Å². The Morgan fingerprint density at radius 1 is 1.37 bits per heavy atom. The fourth-order valence-electron chi connectivity index (χ4n) is 3.02. The van der Waals surface area contributed by atoms with Gasteiger partial charge >= 0.3 is 0 Å². The first-order valence-electron chi connectivity index (χ1n) is 7.44. The van der Waals surface area contributed by atoms with E-state index in [1.807, 2.05) is 11.3 Å². The Labute approximate surface area is 126 Å². The first-order valence-corrected chi connectivity index (χ1v) is 9.20. The highest BCUT2D eigenvalue weighted by molar-refractivity contribution is 8.01. The van der Waals surface area contributed by atoms with Gasteiger partial charge in [0.05, 0.1) is 4.21 Å². The predicted molar refractivity (Wildman–Crippen MR) is 88.2 cm³/mol. The molecule has 1 saturated carbocycles. The zero-order valence-electron chi connectivity index (χ0n) is 12.6. The first kappa shape index (κ1) is 15.4. The summed E-state index contributed by atoms with van der Waals surface area (Å²) in [6.45, 7) is 10.5. The van der Waals surface area contributed by atoms with Crippen molar-refractivity contribution >= 4 is 23.1 Å². The van der Waals surface area contributed by atoms with Gasteiger partial charge in [0.15, 0.2) is 0 Å². The van der Waals surface area contributed by atoms with E-state index in [1.54, 1.807) is 0 Å². The van der Waals surface area contributed by atoms with E-state index in [-0.39, 0.29) is 0 Å². The summed E-state index contributed by atoms with van der Waals surface area (Å²) >= 11 is 3.98. The summed E-state index contributed by atoms with van der Waals surface area (Å²) in [5.41, 5.74) is 0.450. The average Bonchev–Trinajstić information content (AvgIpc) is 2.83. The zero-order valence-corrected chi connectivity index (χ0v) is 14.2. The van der Waals surface area contributed by atoms with E-state index >= 15 is 0 Å². The zero-order chi connectivity index (χ0) is 13.9. The Bertz CT molecular complexity index is 367. The van der Waals surface area contributed by atoms with Crippen LogP contribution in [0.3, 0.4) is 0 Å². The van der Waals surface area contributed by atoms with E-state index in [0.29, 0.717) is 11.5 Å². The van der Waals surface area contributed by atoms with Crippen LogP contribution in [0.15, 0.2) is 21.7 Å². The Morgan fingerprint density at radius 2 is 2.16 bits per heavy atom. The highest BCUT2D eigenvalue weighted by Gasteiger charge is 2.36. The topological polar surface area (TPSA) is 12.0 Å². The van der Waals surface area contributed by atoms with Gasteiger partial charge in [0.1, 0.15) is 0 Å². The van der Waals surface area contributed by atoms with E-state index in [0.717, 1.165) is 17.7 Å². The molecular weight excluding hydrogens is 270 g/mol. The lowest BCUT2D eigenvalue weighted by Gasteiger charge is -2.41. The molecule has 1 fully saturated rings. The molecule has 0 spiro atoms. The van der Waals surface area contributed by atoms with Crippen LogP contribution in [-0.2, 0) is 0 Å². The van der Waals surface area contributed by atoms with E-state index < -0.39 is 0 Å². The molecule has 1 aromatic heterocycles. The van der Waals surface area contributed by atoms with Crippen molar-refractivity contribution in [2.45, 2.75) is 62.5 Å². The molecular formula is C16H27NS2. The summed E-state index contributed by atoms with van der Waals surface area (Å²) in [6.07, 6.45) is 4.06. The number of hydrogen-bond donors (Lipinski definition) is 1. The average molecular weight is 298 g/mol. The van der Waals surface area contributed by atoms with E-state index in [1.165, 1.54) is 23.5 Å². The van der Waals surface area contributed by atoms with Gasteiger partial charge in [-0.15, -0.1) is 23.1 Å². The van der Waals surface area contributed by atoms with Gasteiger partial charge in [-0.2, -0.15) is 0 Å². The molecule has 0 bridgehead atoms. The maximum Gasteiger partial charge on any atom is 0.0601 e. The van der Waals surface area contributed by atoms with Crippen LogP contribution in [-0.4, -0.2) is 17.8 Å². The van der Waals surface area contributed by atoms with Gasteiger partial charge in [-0.3, -0.25) is 0 Å². The Balaban J connectivity index is 2.04. The molecule has 0 aromatic carbocycles. The number of nitrogens with one attached hydrogen (secondary N) is 1. The Morgan fingerprint density at radius 3 is 2.74 bits per heavy atom. The number of thiophene rings is 1. The fraction of sp³-hybridized carbons (Fsp3) is 0.750. The third kappa shape index (κ3) is 4.24. The molecule has 0 saturated heterocycles.